The molecule has 0 aliphatic rings. The molecule has 0 unspecified atom stereocenters. The zero-order valence-electron chi connectivity index (χ0n) is 13.6. The van der Waals surface area contributed by atoms with Crippen LogP contribution in [0.3, 0.4) is 0 Å². The number of ether oxygens (including phenoxy) is 1. The van der Waals surface area contributed by atoms with E-state index < -0.39 is 0 Å². The van der Waals surface area contributed by atoms with E-state index in [2.05, 4.69) is 62.2 Å². The summed E-state index contributed by atoms with van der Waals surface area (Å²) in [5.74, 6) is 0.507. The summed E-state index contributed by atoms with van der Waals surface area (Å²) in [6, 6.07) is 16.6. The number of aromatic nitrogens is 1. The highest BCUT2D eigenvalue weighted by molar-refractivity contribution is 5.89. The molecule has 1 heterocycles. The summed E-state index contributed by atoms with van der Waals surface area (Å²) in [7, 11) is 0. The Morgan fingerprint density at radius 1 is 1.00 bits per heavy atom. The lowest BCUT2D eigenvalue weighted by molar-refractivity contribution is 0.356. The van der Waals surface area contributed by atoms with Crippen LogP contribution in [0.25, 0.3) is 22.0 Å². The standard InChI is InChI=1S/C20H18N2O/c1-13-4-6-16(7-5-13)18-12-17-15(3)10-14(2)11-19(17)22-20(18)23-9-8-21/h4-7,10-12H,9H2,1-3H3. The van der Waals surface area contributed by atoms with Gasteiger partial charge >= 0.3 is 0 Å². The zero-order chi connectivity index (χ0) is 16.4. The van der Waals surface area contributed by atoms with Crippen LogP contribution < -0.4 is 4.74 Å². The molecule has 0 aliphatic carbocycles. The molecule has 2 aromatic carbocycles. The molecule has 0 saturated carbocycles. The Kier molecular flexibility index (Phi) is 3.99. The monoisotopic (exact) mass is 302 g/mol. The van der Waals surface area contributed by atoms with E-state index in [1.54, 1.807) is 0 Å². The van der Waals surface area contributed by atoms with Gasteiger partial charge in [-0.3, -0.25) is 0 Å². The van der Waals surface area contributed by atoms with Crippen molar-refractivity contribution in [3.8, 4) is 23.1 Å². The third-order valence-corrected chi connectivity index (χ3v) is 3.89. The van der Waals surface area contributed by atoms with Crippen LogP contribution in [0, 0.1) is 32.1 Å². The fraction of sp³-hybridized carbons (Fsp3) is 0.200. The van der Waals surface area contributed by atoms with Crippen LogP contribution >= 0.6 is 0 Å². The quantitative estimate of drug-likeness (QED) is 0.702. The summed E-state index contributed by atoms with van der Waals surface area (Å²) < 4.78 is 5.59. The molecule has 3 aromatic rings. The van der Waals surface area contributed by atoms with Gasteiger partial charge in [0.05, 0.1) is 5.52 Å². The lowest BCUT2D eigenvalue weighted by Gasteiger charge is -2.12. The number of aryl methyl sites for hydroxylation is 3. The van der Waals surface area contributed by atoms with Crippen molar-refractivity contribution in [3.05, 3.63) is 59.2 Å². The fourth-order valence-corrected chi connectivity index (χ4v) is 2.76. The highest BCUT2D eigenvalue weighted by Gasteiger charge is 2.12. The lowest BCUT2D eigenvalue weighted by atomic mass is 10.00. The summed E-state index contributed by atoms with van der Waals surface area (Å²) >= 11 is 0. The zero-order valence-corrected chi connectivity index (χ0v) is 13.6. The van der Waals surface area contributed by atoms with Gasteiger partial charge in [-0.1, -0.05) is 35.9 Å². The van der Waals surface area contributed by atoms with Crippen LogP contribution in [0.2, 0.25) is 0 Å². The number of hydrogen-bond acceptors (Lipinski definition) is 3. The summed E-state index contributed by atoms with van der Waals surface area (Å²) in [6.07, 6.45) is 0. The Morgan fingerprint density at radius 2 is 1.74 bits per heavy atom. The number of fused-ring (bicyclic) bond motifs is 1. The predicted octanol–water partition coefficient (Wildman–Crippen LogP) is 4.73. The second-order valence-corrected chi connectivity index (χ2v) is 5.80. The van der Waals surface area contributed by atoms with E-state index >= 15 is 0 Å². The Labute approximate surface area is 136 Å². The Morgan fingerprint density at radius 3 is 2.43 bits per heavy atom. The van der Waals surface area contributed by atoms with Crippen LogP contribution in [0.4, 0.5) is 0 Å². The van der Waals surface area contributed by atoms with E-state index in [4.69, 9.17) is 10.00 Å². The highest BCUT2D eigenvalue weighted by Crippen LogP contribution is 2.33. The highest BCUT2D eigenvalue weighted by atomic mass is 16.5. The first-order valence-electron chi connectivity index (χ1n) is 7.57. The number of rotatable bonds is 3. The molecule has 0 fully saturated rings. The third-order valence-electron chi connectivity index (χ3n) is 3.89. The van der Waals surface area contributed by atoms with Crippen molar-refractivity contribution in [2.24, 2.45) is 0 Å². The maximum Gasteiger partial charge on any atom is 0.222 e. The molecule has 0 saturated heterocycles. The number of pyridine rings is 1. The van der Waals surface area contributed by atoms with Gasteiger partial charge in [-0.25, -0.2) is 4.98 Å². The minimum Gasteiger partial charge on any atom is -0.462 e. The van der Waals surface area contributed by atoms with Crippen molar-refractivity contribution in [2.45, 2.75) is 20.8 Å². The van der Waals surface area contributed by atoms with E-state index in [1.165, 1.54) is 11.1 Å². The number of nitrogens with zero attached hydrogens (tertiary/aromatic N) is 2. The maximum absolute atomic E-state index is 8.82. The summed E-state index contributed by atoms with van der Waals surface area (Å²) in [5.41, 5.74) is 6.40. The maximum atomic E-state index is 8.82. The predicted molar refractivity (Wildman–Crippen MR) is 92.5 cm³/mol. The van der Waals surface area contributed by atoms with Crippen molar-refractivity contribution >= 4 is 10.9 Å². The Balaban J connectivity index is 2.24. The number of nitriles is 1. The number of hydrogen-bond donors (Lipinski definition) is 0. The Bertz CT molecular complexity index is 906. The third kappa shape index (κ3) is 3.02. The van der Waals surface area contributed by atoms with Crippen molar-refractivity contribution in [2.75, 3.05) is 6.61 Å². The average molecular weight is 302 g/mol. The molecule has 114 valence electrons. The van der Waals surface area contributed by atoms with Gasteiger partial charge in [0.1, 0.15) is 6.07 Å². The number of benzene rings is 2. The van der Waals surface area contributed by atoms with Crippen molar-refractivity contribution in [1.82, 2.24) is 4.98 Å². The van der Waals surface area contributed by atoms with E-state index in [1.807, 2.05) is 12.1 Å². The van der Waals surface area contributed by atoms with Gasteiger partial charge in [-0.15, -0.1) is 0 Å². The largest absolute Gasteiger partial charge is 0.462 e. The van der Waals surface area contributed by atoms with Crippen LogP contribution in [0.1, 0.15) is 16.7 Å². The molecule has 0 atom stereocenters. The molecule has 3 nitrogen and oxygen atoms in total. The molecule has 0 radical (unpaired) electrons. The van der Waals surface area contributed by atoms with Crippen LogP contribution in [-0.2, 0) is 0 Å². The van der Waals surface area contributed by atoms with Crippen molar-refractivity contribution in [1.29, 1.82) is 5.26 Å². The van der Waals surface area contributed by atoms with Gasteiger partial charge < -0.3 is 4.74 Å². The summed E-state index contributed by atoms with van der Waals surface area (Å²) in [6.45, 7) is 6.19. The smallest absolute Gasteiger partial charge is 0.222 e. The summed E-state index contributed by atoms with van der Waals surface area (Å²) in [5, 5.41) is 9.93. The lowest BCUT2D eigenvalue weighted by Crippen LogP contribution is -1.99. The molecule has 0 aliphatic heterocycles. The van der Waals surface area contributed by atoms with Gasteiger partial charge in [0.15, 0.2) is 6.61 Å². The molecular weight excluding hydrogens is 284 g/mol. The molecular formula is C20H18N2O. The van der Waals surface area contributed by atoms with Gasteiger partial charge in [-0.05, 0) is 49.6 Å². The van der Waals surface area contributed by atoms with Gasteiger partial charge in [-0.2, -0.15) is 5.26 Å². The molecule has 0 spiro atoms. The first-order chi connectivity index (χ1) is 11.1. The topological polar surface area (TPSA) is 45.9 Å². The fourth-order valence-electron chi connectivity index (χ4n) is 2.76. The van der Waals surface area contributed by atoms with E-state index in [9.17, 15) is 0 Å². The molecule has 3 heteroatoms. The SMILES string of the molecule is Cc1ccc(-c2cc3c(C)cc(C)cc3nc2OCC#N)cc1. The van der Waals surface area contributed by atoms with Crippen molar-refractivity contribution < 1.29 is 4.74 Å². The first-order valence-corrected chi connectivity index (χ1v) is 7.57. The molecule has 0 bridgehead atoms. The Hall–Kier alpha value is -2.86. The second-order valence-electron chi connectivity index (χ2n) is 5.80. The summed E-state index contributed by atoms with van der Waals surface area (Å²) in [4.78, 5) is 4.66. The molecule has 0 amide bonds. The van der Waals surface area contributed by atoms with E-state index in [0.29, 0.717) is 5.88 Å². The average Bonchev–Trinajstić information content (AvgIpc) is 2.53. The van der Waals surface area contributed by atoms with Crippen LogP contribution in [-0.4, -0.2) is 11.6 Å². The molecule has 23 heavy (non-hydrogen) atoms. The van der Waals surface area contributed by atoms with Gasteiger partial charge in [0.25, 0.3) is 0 Å². The minimum atomic E-state index is -0.0117. The van der Waals surface area contributed by atoms with Gasteiger partial charge in [0, 0.05) is 10.9 Å². The minimum absolute atomic E-state index is 0.0117. The van der Waals surface area contributed by atoms with Crippen LogP contribution in [0.5, 0.6) is 5.88 Å². The molecule has 3 rings (SSSR count). The molecule has 0 N–H and O–H groups in total. The first kappa shape index (κ1) is 15.1. The second kappa shape index (κ2) is 6.10. The molecule has 1 aromatic heterocycles. The normalized spacial score (nSPS) is 10.5. The van der Waals surface area contributed by atoms with Crippen LogP contribution in [0.15, 0.2) is 42.5 Å². The van der Waals surface area contributed by atoms with Gasteiger partial charge in [0.2, 0.25) is 5.88 Å². The van der Waals surface area contributed by atoms with E-state index in [-0.39, 0.29) is 6.61 Å². The van der Waals surface area contributed by atoms with E-state index in [0.717, 1.165) is 27.6 Å². The van der Waals surface area contributed by atoms with Crippen molar-refractivity contribution in [3.63, 3.8) is 0 Å².